The van der Waals surface area contributed by atoms with Gasteiger partial charge < -0.3 is 24.3 Å². The van der Waals surface area contributed by atoms with E-state index < -0.39 is 0 Å². The van der Waals surface area contributed by atoms with E-state index in [9.17, 15) is 9.59 Å². The number of carbonyl (C=O) groups is 2. The van der Waals surface area contributed by atoms with E-state index in [1.165, 1.54) is 35.3 Å². The van der Waals surface area contributed by atoms with E-state index in [0.717, 1.165) is 42.6 Å². The van der Waals surface area contributed by atoms with Gasteiger partial charge in [0.05, 0.1) is 25.9 Å². The summed E-state index contributed by atoms with van der Waals surface area (Å²) in [5.41, 5.74) is 7.84. The number of carbonyl (C=O) groups excluding carboxylic acids is 2. The molecule has 0 saturated carbocycles. The standard InChI is InChI=1S/C33H36N4O4/c1-40-32(38)11-7-23-6-9-29-24(18-23)8-10-31(29)37(13-12-25-20-35-30-5-3-2-4-28(25)30)22-27-19-26(21-34-27)33(39)36-14-16-41-17-15-36/h2-7,9,11,18-21,31,34-35H,8,10,12-17,22H2,1H3. The molecule has 41 heavy (non-hydrogen) atoms. The van der Waals surface area contributed by atoms with Crippen molar-refractivity contribution in [3.05, 3.63) is 101 Å². The fourth-order valence-corrected chi connectivity index (χ4v) is 6.10. The number of esters is 1. The van der Waals surface area contributed by atoms with Gasteiger partial charge in [-0.1, -0.05) is 36.4 Å². The molecule has 6 rings (SSSR count). The summed E-state index contributed by atoms with van der Waals surface area (Å²) in [6, 6.07) is 17.1. The fourth-order valence-electron chi connectivity index (χ4n) is 6.10. The highest BCUT2D eigenvalue weighted by molar-refractivity contribution is 5.94. The molecule has 1 saturated heterocycles. The fraction of sp³-hybridized carbons (Fsp3) is 0.333. The zero-order chi connectivity index (χ0) is 28.2. The monoisotopic (exact) mass is 552 g/mol. The van der Waals surface area contributed by atoms with Gasteiger partial charge in [-0.05, 0) is 59.7 Å². The van der Waals surface area contributed by atoms with Crippen LogP contribution in [-0.4, -0.2) is 71.6 Å². The molecule has 2 aromatic heterocycles. The Labute approximate surface area is 239 Å². The number of hydrogen-bond donors (Lipinski definition) is 2. The van der Waals surface area contributed by atoms with E-state index in [2.05, 4.69) is 63.5 Å². The van der Waals surface area contributed by atoms with Crippen molar-refractivity contribution in [1.82, 2.24) is 19.8 Å². The lowest BCUT2D eigenvalue weighted by Crippen LogP contribution is -2.40. The summed E-state index contributed by atoms with van der Waals surface area (Å²) in [5, 5.41) is 1.26. The van der Waals surface area contributed by atoms with Crippen LogP contribution in [0.5, 0.6) is 0 Å². The Hall–Kier alpha value is -4.14. The predicted molar refractivity (Wildman–Crippen MR) is 158 cm³/mol. The van der Waals surface area contributed by atoms with E-state index in [-0.39, 0.29) is 17.9 Å². The molecular weight excluding hydrogens is 516 g/mol. The molecular formula is C33H36N4O4. The number of rotatable bonds is 9. The number of nitrogens with one attached hydrogen (secondary N) is 2. The molecule has 2 aromatic carbocycles. The topological polar surface area (TPSA) is 90.7 Å². The highest BCUT2D eigenvalue weighted by Gasteiger charge is 2.29. The van der Waals surface area contributed by atoms with Crippen LogP contribution in [0.4, 0.5) is 0 Å². The molecule has 2 aliphatic rings. The van der Waals surface area contributed by atoms with Gasteiger partial charge in [-0.15, -0.1) is 0 Å². The van der Waals surface area contributed by atoms with Crippen molar-refractivity contribution >= 4 is 28.9 Å². The normalized spacial score (nSPS) is 17.0. The molecule has 4 aromatic rings. The molecule has 1 unspecified atom stereocenters. The molecule has 1 aliphatic carbocycles. The van der Waals surface area contributed by atoms with Crippen LogP contribution in [0.1, 0.15) is 50.8 Å². The number of morpholine rings is 1. The summed E-state index contributed by atoms with van der Waals surface area (Å²) in [4.78, 5) is 35.8. The number of fused-ring (bicyclic) bond motifs is 2. The number of methoxy groups -OCH3 is 1. The number of H-pyrrole nitrogens is 2. The second kappa shape index (κ2) is 12.2. The summed E-state index contributed by atoms with van der Waals surface area (Å²) in [6.07, 6.45) is 10.1. The minimum absolute atomic E-state index is 0.0555. The number of aryl methyl sites for hydroxylation is 1. The predicted octanol–water partition coefficient (Wildman–Crippen LogP) is 4.89. The summed E-state index contributed by atoms with van der Waals surface area (Å²) in [7, 11) is 1.39. The Morgan fingerprint density at radius 2 is 1.95 bits per heavy atom. The number of aromatic nitrogens is 2. The van der Waals surface area contributed by atoms with Gasteiger partial charge in [0.25, 0.3) is 5.91 Å². The first kappa shape index (κ1) is 27.1. The third kappa shape index (κ3) is 5.99. The number of benzene rings is 2. The first-order valence-electron chi connectivity index (χ1n) is 14.3. The van der Waals surface area contributed by atoms with Gasteiger partial charge in [-0.3, -0.25) is 9.69 Å². The average Bonchev–Trinajstić information content (AvgIpc) is 3.76. The second-order valence-corrected chi connectivity index (χ2v) is 10.8. The van der Waals surface area contributed by atoms with E-state index in [1.807, 2.05) is 17.2 Å². The number of para-hydroxylation sites is 1. The van der Waals surface area contributed by atoms with Crippen molar-refractivity contribution in [3.63, 3.8) is 0 Å². The van der Waals surface area contributed by atoms with Gasteiger partial charge in [0.2, 0.25) is 0 Å². The van der Waals surface area contributed by atoms with Gasteiger partial charge >= 0.3 is 5.97 Å². The number of nitrogens with zero attached hydrogens (tertiary/aromatic N) is 2. The lowest BCUT2D eigenvalue weighted by molar-refractivity contribution is -0.134. The van der Waals surface area contributed by atoms with Gasteiger partial charge in [0, 0.05) is 67.3 Å². The minimum Gasteiger partial charge on any atom is -0.466 e. The van der Waals surface area contributed by atoms with Crippen molar-refractivity contribution in [2.45, 2.75) is 31.8 Å². The molecule has 1 atom stereocenters. The smallest absolute Gasteiger partial charge is 0.330 e. The number of aromatic amines is 2. The van der Waals surface area contributed by atoms with E-state index in [0.29, 0.717) is 38.4 Å². The van der Waals surface area contributed by atoms with Crippen LogP contribution in [0.2, 0.25) is 0 Å². The molecule has 0 spiro atoms. The van der Waals surface area contributed by atoms with E-state index in [4.69, 9.17) is 9.47 Å². The largest absolute Gasteiger partial charge is 0.466 e. The van der Waals surface area contributed by atoms with Crippen molar-refractivity contribution < 1.29 is 19.1 Å². The van der Waals surface area contributed by atoms with Crippen LogP contribution in [0.25, 0.3) is 17.0 Å². The Morgan fingerprint density at radius 1 is 1.10 bits per heavy atom. The second-order valence-electron chi connectivity index (χ2n) is 10.8. The number of amides is 1. The van der Waals surface area contributed by atoms with Crippen LogP contribution in [0.15, 0.2) is 67.0 Å². The van der Waals surface area contributed by atoms with Gasteiger partial charge in [-0.25, -0.2) is 4.79 Å². The van der Waals surface area contributed by atoms with Gasteiger partial charge in [0.1, 0.15) is 0 Å². The van der Waals surface area contributed by atoms with Crippen LogP contribution in [-0.2, 0) is 33.7 Å². The third-order valence-corrected chi connectivity index (χ3v) is 8.27. The maximum atomic E-state index is 13.1. The highest BCUT2D eigenvalue weighted by atomic mass is 16.5. The highest BCUT2D eigenvalue weighted by Crippen LogP contribution is 2.37. The van der Waals surface area contributed by atoms with Crippen LogP contribution >= 0.6 is 0 Å². The zero-order valence-electron chi connectivity index (χ0n) is 23.4. The molecule has 3 heterocycles. The lowest BCUT2D eigenvalue weighted by Gasteiger charge is -2.29. The SMILES string of the molecule is COC(=O)C=Cc1ccc2c(c1)CCC2N(CCc1c[nH]c2ccccc12)Cc1cc(C(=O)N2CCOCC2)c[nH]1. The van der Waals surface area contributed by atoms with Crippen molar-refractivity contribution in [2.75, 3.05) is 40.0 Å². The molecule has 8 heteroatoms. The van der Waals surface area contributed by atoms with Gasteiger partial charge in [0.15, 0.2) is 0 Å². The Morgan fingerprint density at radius 3 is 2.80 bits per heavy atom. The molecule has 2 N–H and O–H groups in total. The molecule has 1 aliphatic heterocycles. The summed E-state index contributed by atoms with van der Waals surface area (Å²) < 4.78 is 10.2. The van der Waals surface area contributed by atoms with Crippen molar-refractivity contribution in [3.8, 4) is 0 Å². The van der Waals surface area contributed by atoms with Crippen LogP contribution in [0, 0.1) is 0 Å². The molecule has 1 fully saturated rings. The Bertz CT molecular complexity index is 1560. The minimum atomic E-state index is -0.357. The third-order valence-electron chi connectivity index (χ3n) is 8.27. The lowest BCUT2D eigenvalue weighted by atomic mass is 10.0. The first-order valence-corrected chi connectivity index (χ1v) is 14.3. The maximum absolute atomic E-state index is 13.1. The summed E-state index contributed by atoms with van der Waals surface area (Å²) in [6.45, 7) is 4.03. The Balaban J connectivity index is 1.23. The molecule has 212 valence electrons. The zero-order valence-corrected chi connectivity index (χ0v) is 23.4. The van der Waals surface area contributed by atoms with E-state index in [1.54, 1.807) is 6.08 Å². The molecule has 0 bridgehead atoms. The molecule has 8 nitrogen and oxygen atoms in total. The van der Waals surface area contributed by atoms with Gasteiger partial charge in [-0.2, -0.15) is 0 Å². The average molecular weight is 553 g/mol. The Kier molecular flexibility index (Phi) is 8.02. The number of ether oxygens (including phenoxy) is 2. The van der Waals surface area contributed by atoms with E-state index >= 15 is 0 Å². The molecule has 1 amide bonds. The quantitative estimate of drug-likeness (QED) is 0.228. The summed E-state index contributed by atoms with van der Waals surface area (Å²) >= 11 is 0. The first-order chi connectivity index (χ1) is 20.1. The summed E-state index contributed by atoms with van der Waals surface area (Å²) in [5.74, 6) is -0.302. The maximum Gasteiger partial charge on any atom is 0.330 e. The van der Waals surface area contributed by atoms with Crippen molar-refractivity contribution in [1.29, 1.82) is 0 Å². The van der Waals surface area contributed by atoms with Crippen LogP contribution < -0.4 is 0 Å². The number of hydrogen-bond acceptors (Lipinski definition) is 5. The van der Waals surface area contributed by atoms with Crippen molar-refractivity contribution in [2.24, 2.45) is 0 Å². The molecule has 0 radical (unpaired) electrons. The van der Waals surface area contributed by atoms with Crippen LogP contribution in [0.3, 0.4) is 0 Å².